The lowest BCUT2D eigenvalue weighted by Gasteiger charge is -2.24. The molecule has 0 aliphatic rings. The molecule has 0 unspecified atom stereocenters. The molecule has 0 fully saturated rings. The Morgan fingerprint density at radius 1 is 1.32 bits per heavy atom. The van der Waals surface area contributed by atoms with E-state index in [1.54, 1.807) is 18.2 Å². The van der Waals surface area contributed by atoms with E-state index in [-0.39, 0.29) is 24.9 Å². The third-order valence-corrected chi connectivity index (χ3v) is 3.10. The van der Waals surface area contributed by atoms with Gasteiger partial charge >= 0.3 is 0 Å². The number of anilines is 1. The van der Waals surface area contributed by atoms with Crippen LogP contribution in [0.4, 0.5) is 5.69 Å². The first kappa shape index (κ1) is 15.5. The van der Waals surface area contributed by atoms with Crippen molar-refractivity contribution in [2.24, 2.45) is 0 Å². The van der Waals surface area contributed by atoms with Crippen LogP contribution in [0.3, 0.4) is 0 Å². The van der Waals surface area contributed by atoms with Crippen molar-refractivity contribution in [2.75, 3.05) is 18.5 Å². The molecule has 0 saturated heterocycles. The van der Waals surface area contributed by atoms with Gasteiger partial charge < -0.3 is 20.3 Å². The summed E-state index contributed by atoms with van der Waals surface area (Å²) in [6.45, 7) is 3.70. The van der Waals surface area contributed by atoms with E-state index in [0.29, 0.717) is 18.5 Å². The van der Waals surface area contributed by atoms with Gasteiger partial charge in [0.1, 0.15) is 12.4 Å². The lowest BCUT2D eigenvalue weighted by Crippen LogP contribution is -2.34. The quantitative estimate of drug-likeness (QED) is 0.659. The smallest absolute Gasteiger partial charge is 0.250 e. The monoisotopic (exact) mass is 267 g/mol. The van der Waals surface area contributed by atoms with Crippen molar-refractivity contribution in [3.8, 4) is 5.75 Å². The molecule has 0 radical (unpaired) electrons. The number of carbonyl (C=O) groups is 1. The van der Waals surface area contributed by atoms with Crippen LogP contribution in [-0.4, -0.2) is 34.9 Å². The van der Waals surface area contributed by atoms with Crippen molar-refractivity contribution in [1.82, 2.24) is 0 Å². The van der Waals surface area contributed by atoms with Gasteiger partial charge in [-0.2, -0.15) is 0 Å². The zero-order valence-electron chi connectivity index (χ0n) is 11.3. The number of aliphatic hydroxyl groups is 1. The first-order valence-electron chi connectivity index (χ1n) is 6.38. The molecule has 0 aromatic heterocycles. The number of hydrogen-bond donors (Lipinski definition) is 3. The number of nitrogens with one attached hydrogen (secondary N) is 1. The first-order valence-corrected chi connectivity index (χ1v) is 6.38. The number of amides is 1. The molecule has 3 N–H and O–H groups in total. The molecule has 106 valence electrons. The lowest BCUT2D eigenvalue weighted by molar-refractivity contribution is -0.124. The van der Waals surface area contributed by atoms with E-state index < -0.39 is 5.60 Å². The summed E-state index contributed by atoms with van der Waals surface area (Å²) in [5.41, 5.74) is -0.535. The fourth-order valence-electron chi connectivity index (χ4n) is 1.55. The molecule has 0 atom stereocenters. The maximum atomic E-state index is 11.6. The lowest BCUT2D eigenvalue weighted by atomic mass is 9.99. The van der Waals surface area contributed by atoms with E-state index >= 15 is 0 Å². The Kier molecular flexibility index (Phi) is 5.79. The average molecular weight is 267 g/mol. The summed E-state index contributed by atoms with van der Waals surface area (Å²) in [5.74, 6) is -0.356. The molecule has 19 heavy (non-hydrogen) atoms. The van der Waals surface area contributed by atoms with Gasteiger partial charge in [0, 0.05) is 0 Å². The molecule has 5 nitrogen and oxygen atoms in total. The summed E-state index contributed by atoms with van der Waals surface area (Å²) in [6, 6.07) is 6.47. The molecular formula is C14H21NO4. The number of aromatic hydroxyl groups is 1. The summed E-state index contributed by atoms with van der Waals surface area (Å²) >= 11 is 0. The van der Waals surface area contributed by atoms with Gasteiger partial charge in [0.2, 0.25) is 5.91 Å². The number of phenolic OH excluding ortho intramolecular Hbond substituents is 1. The van der Waals surface area contributed by atoms with Gasteiger partial charge in [-0.3, -0.25) is 4.79 Å². The number of ether oxygens (including phenoxy) is 1. The SMILES string of the molecule is CCC(O)(CC)COCC(=O)Nc1ccccc1O. The Hall–Kier alpha value is -1.59. The molecule has 0 heterocycles. The summed E-state index contributed by atoms with van der Waals surface area (Å²) in [4.78, 5) is 11.6. The summed E-state index contributed by atoms with van der Waals surface area (Å²) in [7, 11) is 0. The second kappa shape index (κ2) is 7.11. The molecule has 0 spiro atoms. The van der Waals surface area contributed by atoms with Crippen LogP contribution in [0.2, 0.25) is 0 Å². The van der Waals surface area contributed by atoms with E-state index in [1.807, 2.05) is 13.8 Å². The average Bonchev–Trinajstić information content (AvgIpc) is 2.41. The van der Waals surface area contributed by atoms with Gasteiger partial charge in [0.05, 0.1) is 17.9 Å². The second-order valence-electron chi connectivity index (χ2n) is 4.49. The van der Waals surface area contributed by atoms with Crippen molar-refractivity contribution in [3.63, 3.8) is 0 Å². The Morgan fingerprint density at radius 2 is 1.95 bits per heavy atom. The molecule has 1 rings (SSSR count). The van der Waals surface area contributed by atoms with Crippen LogP contribution >= 0.6 is 0 Å². The molecular weight excluding hydrogens is 246 g/mol. The maximum Gasteiger partial charge on any atom is 0.250 e. The summed E-state index contributed by atoms with van der Waals surface area (Å²) < 4.78 is 5.21. The van der Waals surface area contributed by atoms with E-state index in [1.165, 1.54) is 6.07 Å². The van der Waals surface area contributed by atoms with Crippen LogP contribution in [0.25, 0.3) is 0 Å². The van der Waals surface area contributed by atoms with Crippen LogP contribution in [0.1, 0.15) is 26.7 Å². The van der Waals surface area contributed by atoms with Gasteiger partial charge in [-0.1, -0.05) is 26.0 Å². The first-order chi connectivity index (χ1) is 9.00. The Balaban J connectivity index is 2.39. The highest BCUT2D eigenvalue weighted by Gasteiger charge is 2.22. The Labute approximate surface area is 113 Å². The fourth-order valence-corrected chi connectivity index (χ4v) is 1.55. The van der Waals surface area contributed by atoms with E-state index in [4.69, 9.17) is 4.74 Å². The normalized spacial score (nSPS) is 11.3. The predicted octanol–water partition coefficient (Wildman–Crippen LogP) is 1.90. The van der Waals surface area contributed by atoms with Crippen LogP contribution in [0, 0.1) is 0 Å². The van der Waals surface area contributed by atoms with Gasteiger partial charge in [-0.05, 0) is 25.0 Å². The van der Waals surface area contributed by atoms with E-state index in [0.717, 1.165) is 0 Å². The Bertz CT molecular complexity index is 416. The van der Waals surface area contributed by atoms with E-state index in [2.05, 4.69) is 5.32 Å². The number of carbonyl (C=O) groups excluding carboxylic acids is 1. The molecule has 0 saturated carbocycles. The molecule has 0 aliphatic heterocycles. The molecule has 0 bridgehead atoms. The minimum Gasteiger partial charge on any atom is -0.506 e. The number of benzene rings is 1. The number of rotatable bonds is 7. The summed E-state index contributed by atoms with van der Waals surface area (Å²) in [5, 5.41) is 22.0. The minimum atomic E-state index is -0.880. The third-order valence-electron chi connectivity index (χ3n) is 3.10. The van der Waals surface area contributed by atoms with Gasteiger partial charge in [-0.25, -0.2) is 0 Å². The molecule has 1 aromatic rings. The fraction of sp³-hybridized carbons (Fsp3) is 0.500. The topological polar surface area (TPSA) is 78.8 Å². The van der Waals surface area contributed by atoms with Crippen molar-refractivity contribution in [3.05, 3.63) is 24.3 Å². The third kappa shape index (κ3) is 4.89. The predicted molar refractivity (Wildman–Crippen MR) is 73.1 cm³/mol. The standard InChI is InChI=1S/C14H21NO4/c1-3-14(18,4-2)10-19-9-13(17)15-11-7-5-6-8-12(11)16/h5-8,16,18H,3-4,9-10H2,1-2H3,(H,15,17). The number of para-hydroxylation sites is 2. The maximum absolute atomic E-state index is 11.6. The molecule has 0 aliphatic carbocycles. The zero-order valence-corrected chi connectivity index (χ0v) is 11.3. The van der Waals surface area contributed by atoms with Gasteiger partial charge in [-0.15, -0.1) is 0 Å². The van der Waals surface area contributed by atoms with Crippen molar-refractivity contribution < 1.29 is 19.7 Å². The molecule has 5 heteroatoms. The number of hydrogen-bond acceptors (Lipinski definition) is 4. The van der Waals surface area contributed by atoms with Crippen LogP contribution in [0.15, 0.2) is 24.3 Å². The molecule has 1 amide bonds. The minimum absolute atomic E-state index is 0.00877. The largest absolute Gasteiger partial charge is 0.506 e. The van der Waals surface area contributed by atoms with Crippen molar-refractivity contribution >= 4 is 11.6 Å². The van der Waals surface area contributed by atoms with Crippen molar-refractivity contribution in [1.29, 1.82) is 0 Å². The van der Waals surface area contributed by atoms with Gasteiger partial charge in [0.15, 0.2) is 0 Å². The Morgan fingerprint density at radius 3 is 2.53 bits per heavy atom. The van der Waals surface area contributed by atoms with Crippen LogP contribution < -0.4 is 5.32 Å². The summed E-state index contributed by atoms with van der Waals surface area (Å²) in [6.07, 6.45) is 1.15. The highest BCUT2D eigenvalue weighted by Crippen LogP contribution is 2.21. The van der Waals surface area contributed by atoms with Gasteiger partial charge in [0.25, 0.3) is 0 Å². The highest BCUT2D eigenvalue weighted by molar-refractivity contribution is 5.93. The highest BCUT2D eigenvalue weighted by atomic mass is 16.5. The van der Waals surface area contributed by atoms with Crippen LogP contribution in [0.5, 0.6) is 5.75 Å². The number of phenols is 1. The molecule has 1 aromatic carbocycles. The van der Waals surface area contributed by atoms with Crippen molar-refractivity contribution in [2.45, 2.75) is 32.3 Å². The van der Waals surface area contributed by atoms with E-state index in [9.17, 15) is 15.0 Å². The second-order valence-corrected chi connectivity index (χ2v) is 4.49. The van der Waals surface area contributed by atoms with Crippen LogP contribution in [-0.2, 0) is 9.53 Å². The zero-order chi connectivity index (χ0) is 14.3.